The van der Waals surface area contributed by atoms with E-state index >= 15 is 0 Å². The van der Waals surface area contributed by atoms with Crippen LogP contribution in [0.4, 0.5) is 11.9 Å². The molecule has 31 heavy (non-hydrogen) atoms. The summed E-state index contributed by atoms with van der Waals surface area (Å²) in [5.74, 6) is 1.89. The zero-order valence-electron chi connectivity index (χ0n) is 17.9. The van der Waals surface area contributed by atoms with E-state index in [0.29, 0.717) is 24.4 Å². The molecule has 0 aromatic carbocycles. The maximum absolute atomic E-state index is 11.7. The fraction of sp³-hybridized carbons (Fsp3) is 0.545. The number of aryl methyl sites for hydroxylation is 1. The zero-order valence-corrected chi connectivity index (χ0v) is 17.9. The van der Waals surface area contributed by atoms with Gasteiger partial charge < -0.3 is 19.9 Å². The van der Waals surface area contributed by atoms with Crippen molar-refractivity contribution in [1.29, 1.82) is 0 Å². The van der Waals surface area contributed by atoms with Gasteiger partial charge >= 0.3 is 0 Å². The Balaban J connectivity index is 1.51. The number of fused-ring (bicyclic) bond motifs is 1. The van der Waals surface area contributed by atoms with Crippen LogP contribution in [0.15, 0.2) is 29.3 Å². The highest BCUT2D eigenvalue weighted by atomic mass is 16.3. The van der Waals surface area contributed by atoms with Gasteiger partial charge in [0.25, 0.3) is 0 Å². The van der Waals surface area contributed by atoms with Crippen LogP contribution in [0.2, 0.25) is 0 Å². The van der Waals surface area contributed by atoms with Crippen molar-refractivity contribution in [1.82, 2.24) is 24.1 Å². The van der Waals surface area contributed by atoms with Gasteiger partial charge in [0.05, 0.1) is 6.20 Å². The molecule has 1 aliphatic carbocycles. The van der Waals surface area contributed by atoms with Crippen LogP contribution in [0.3, 0.4) is 0 Å². The Hall–Kier alpha value is -2.94. The van der Waals surface area contributed by atoms with Crippen LogP contribution in [0.5, 0.6) is 0 Å². The van der Waals surface area contributed by atoms with E-state index < -0.39 is 0 Å². The van der Waals surface area contributed by atoms with E-state index in [2.05, 4.69) is 15.3 Å². The van der Waals surface area contributed by atoms with Crippen molar-refractivity contribution < 1.29 is 5.11 Å². The Morgan fingerprint density at radius 2 is 2.06 bits per heavy atom. The summed E-state index contributed by atoms with van der Waals surface area (Å²) in [4.78, 5) is 23.7. The van der Waals surface area contributed by atoms with Crippen LogP contribution >= 0.6 is 0 Å². The van der Waals surface area contributed by atoms with Crippen molar-refractivity contribution in [2.24, 2.45) is 7.05 Å². The summed E-state index contributed by atoms with van der Waals surface area (Å²) in [6, 6.07) is 3.66. The van der Waals surface area contributed by atoms with E-state index in [0.717, 1.165) is 37.0 Å². The second kappa shape index (κ2) is 8.30. The summed E-state index contributed by atoms with van der Waals surface area (Å²) < 4.78 is 3.37. The first-order chi connectivity index (χ1) is 15.1. The number of aliphatic hydroxyl groups excluding tert-OH is 1. The fourth-order valence-corrected chi connectivity index (χ4v) is 4.46. The molecule has 9 heteroatoms. The highest BCUT2D eigenvalue weighted by molar-refractivity contribution is 5.57. The normalized spacial score (nSPS) is 19.2. The number of piperidine rings is 1. The fourth-order valence-electron chi connectivity index (χ4n) is 4.46. The van der Waals surface area contributed by atoms with Crippen molar-refractivity contribution >= 4 is 17.5 Å². The molecular formula is C22H29N7O2. The molecule has 2 N–H and O–H groups in total. The standard InChI is InChI=1S/C22H29N7O2/c1-27-14-15(5-8-19(27)31)12-23-21-26-22(28-10-3-2-4-17(28)9-11-30)25-20-18(16-6-7-16)13-24-29(20)21/h5,8,13-14,16-17,30H,2-4,6-7,9-12H2,1H3,(H,23,25,26). The average Bonchev–Trinajstić information content (AvgIpc) is 3.53. The Morgan fingerprint density at radius 1 is 1.19 bits per heavy atom. The van der Waals surface area contributed by atoms with E-state index in [-0.39, 0.29) is 18.2 Å². The van der Waals surface area contributed by atoms with Gasteiger partial charge in [0.1, 0.15) is 0 Å². The van der Waals surface area contributed by atoms with Crippen LogP contribution in [0, 0.1) is 0 Å². The first kappa shape index (κ1) is 20.0. The molecule has 3 aromatic heterocycles. The number of nitrogens with zero attached hydrogens (tertiary/aromatic N) is 6. The molecule has 9 nitrogen and oxygen atoms in total. The van der Waals surface area contributed by atoms with Crippen LogP contribution in [0.25, 0.3) is 5.65 Å². The number of aromatic nitrogens is 5. The SMILES string of the molecule is Cn1cc(CNc2nc(N3CCCCC3CCO)nc3c(C4CC4)cnn23)ccc1=O. The molecule has 164 valence electrons. The zero-order chi connectivity index (χ0) is 21.4. The van der Waals surface area contributed by atoms with Gasteiger partial charge in [-0.3, -0.25) is 4.79 Å². The Bertz CT molecular complexity index is 1130. The Labute approximate surface area is 180 Å². The van der Waals surface area contributed by atoms with Crippen molar-refractivity contribution in [2.75, 3.05) is 23.4 Å². The van der Waals surface area contributed by atoms with Crippen LogP contribution in [-0.4, -0.2) is 48.4 Å². The van der Waals surface area contributed by atoms with Gasteiger partial charge in [-0.2, -0.15) is 19.6 Å². The second-order valence-electron chi connectivity index (χ2n) is 8.65. The molecular weight excluding hydrogens is 394 g/mol. The smallest absolute Gasteiger partial charge is 0.250 e. The minimum Gasteiger partial charge on any atom is -0.396 e. The third-order valence-corrected chi connectivity index (χ3v) is 6.34. The van der Waals surface area contributed by atoms with Crippen molar-refractivity contribution in [3.63, 3.8) is 0 Å². The number of nitrogens with one attached hydrogen (secondary N) is 1. The van der Waals surface area contributed by atoms with Crippen molar-refractivity contribution in [2.45, 2.75) is 57.0 Å². The summed E-state index contributed by atoms with van der Waals surface area (Å²) >= 11 is 0. The predicted molar refractivity (Wildman–Crippen MR) is 118 cm³/mol. The third-order valence-electron chi connectivity index (χ3n) is 6.34. The largest absolute Gasteiger partial charge is 0.396 e. The number of rotatable bonds is 7. The first-order valence-corrected chi connectivity index (χ1v) is 11.2. The molecule has 0 radical (unpaired) electrons. The van der Waals surface area contributed by atoms with Gasteiger partial charge in [-0.25, -0.2) is 0 Å². The minimum atomic E-state index is -0.0309. The van der Waals surface area contributed by atoms with Gasteiger partial charge in [-0.1, -0.05) is 6.07 Å². The minimum absolute atomic E-state index is 0.0309. The maximum atomic E-state index is 11.7. The summed E-state index contributed by atoms with van der Waals surface area (Å²) in [6.07, 6.45) is 10.2. The molecule has 5 rings (SSSR count). The molecule has 1 saturated heterocycles. The number of pyridine rings is 1. The molecule has 4 heterocycles. The lowest BCUT2D eigenvalue weighted by molar-refractivity contribution is 0.261. The summed E-state index contributed by atoms with van der Waals surface area (Å²) in [6.45, 7) is 1.59. The summed E-state index contributed by atoms with van der Waals surface area (Å²) in [5, 5.41) is 17.5. The lowest BCUT2D eigenvalue weighted by Crippen LogP contribution is -2.41. The van der Waals surface area contributed by atoms with Gasteiger partial charge in [0, 0.05) is 50.6 Å². The topological polar surface area (TPSA) is 101 Å². The summed E-state index contributed by atoms with van der Waals surface area (Å²) in [5.41, 5.74) is 3.01. The Morgan fingerprint density at radius 3 is 2.84 bits per heavy atom. The van der Waals surface area contributed by atoms with E-state index in [1.807, 2.05) is 18.5 Å². The molecule has 0 spiro atoms. The number of hydrogen-bond donors (Lipinski definition) is 2. The number of aliphatic hydroxyl groups is 1. The number of hydrogen-bond acceptors (Lipinski definition) is 7. The average molecular weight is 424 g/mol. The van der Waals surface area contributed by atoms with Gasteiger partial charge in [0.15, 0.2) is 5.65 Å². The molecule has 1 saturated carbocycles. The highest BCUT2D eigenvalue weighted by Gasteiger charge is 2.30. The van der Waals surface area contributed by atoms with Gasteiger partial charge in [-0.05, 0) is 50.0 Å². The Kier molecular flexibility index (Phi) is 5.35. The van der Waals surface area contributed by atoms with E-state index in [4.69, 9.17) is 9.97 Å². The van der Waals surface area contributed by atoms with Crippen molar-refractivity contribution in [3.8, 4) is 0 Å². The molecule has 2 fully saturated rings. The molecule has 1 unspecified atom stereocenters. The van der Waals surface area contributed by atoms with E-state index in [9.17, 15) is 9.90 Å². The van der Waals surface area contributed by atoms with E-state index in [1.54, 1.807) is 22.2 Å². The molecule has 0 amide bonds. The maximum Gasteiger partial charge on any atom is 0.250 e. The quantitative estimate of drug-likeness (QED) is 0.600. The molecule has 3 aromatic rings. The molecule has 0 bridgehead atoms. The van der Waals surface area contributed by atoms with Crippen LogP contribution in [-0.2, 0) is 13.6 Å². The molecule has 1 atom stereocenters. The summed E-state index contributed by atoms with van der Waals surface area (Å²) in [7, 11) is 1.75. The monoisotopic (exact) mass is 423 g/mol. The molecule has 2 aliphatic rings. The van der Waals surface area contributed by atoms with Crippen LogP contribution < -0.4 is 15.8 Å². The molecule has 1 aliphatic heterocycles. The van der Waals surface area contributed by atoms with Gasteiger partial charge in [0.2, 0.25) is 17.5 Å². The van der Waals surface area contributed by atoms with E-state index in [1.165, 1.54) is 24.8 Å². The predicted octanol–water partition coefficient (Wildman–Crippen LogP) is 2.05. The number of anilines is 2. The van der Waals surface area contributed by atoms with Gasteiger partial charge in [-0.15, -0.1) is 0 Å². The lowest BCUT2D eigenvalue weighted by atomic mass is 10.0. The van der Waals surface area contributed by atoms with Crippen molar-refractivity contribution in [3.05, 3.63) is 46.0 Å². The first-order valence-electron chi connectivity index (χ1n) is 11.2. The highest BCUT2D eigenvalue weighted by Crippen LogP contribution is 2.42. The van der Waals surface area contributed by atoms with Crippen LogP contribution in [0.1, 0.15) is 55.6 Å². The third kappa shape index (κ3) is 4.01. The second-order valence-corrected chi connectivity index (χ2v) is 8.65. The lowest BCUT2D eigenvalue weighted by Gasteiger charge is -2.35.